The Bertz CT molecular complexity index is 1860. The predicted molar refractivity (Wildman–Crippen MR) is 256 cm³/mol. The minimum atomic E-state index is -0.919. The summed E-state index contributed by atoms with van der Waals surface area (Å²) >= 11 is 0. The number of likely N-dealkylation sites (N-methyl/N-ethyl adjacent to an activating group) is 1. The molecule has 3 aliphatic carbocycles. The Morgan fingerprint density at radius 3 is 2.59 bits per heavy atom. The van der Waals surface area contributed by atoms with Gasteiger partial charge in [-0.1, -0.05) is 79.2 Å². The summed E-state index contributed by atoms with van der Waals surface area (Å²) in [6.45, 7) is 3.11. The Balaban J connectivity index is 1.42. The number of aromatic hydroxyl groups is 2. The van der Waals surface area contributed by atoms with E-state index in [1.807, 2.05) is 25.3 Å². The summed E-state index contributed by atoms with van der Waals surface area (Å²) in [6, 6.07) is 9.67. The number of phenols is 2. The number of aliphatic hydroxyl groups excluding tert-OH is 2. The Morgan fingerprint density at radius 1 is 1.02 bits per heavy atom. The summed E-state index contributed by atoms with van der Waals surface area (Å²) < 4.78 is 18.2. The molecule has 12 nitrogen and oxygen atoms in total. The lowest BCUT2D eigenvalue weighted by atomic mass is 9.66. The van der Waals surface area contributed by atoms with Crippen molar-refractivity contribution in [1.82, 2.24) is 10.6 Å². The molecule has 14 heteroatoms. The largest absolute Gasteiger partial charge is 0.504 e. The van der Waals surface area contributed by atoms with E-state index in [0.717, 1.165) is 100 Å². The molecule has 2 aromatic rings. The number of ether oxygens (including phenoxy) is 3. The van der Waals surface area contributed by atoms with E-state index in [-0.39, 0.29) is 47.1 Å². The van der Waals surface area contributed by atoms with Crippen LogP contribution in [0.25, 0.3) is 0 Å². The van der Waals surface area contributed by atoms with Gasteiger partial charge in [-0.05, 0) is 130 Å². The molecule has 1 heterocycles. The van der Waals surface area contributed by atoms with E-state index >= 15 is 4.79 Å². The van der Waals surface area contributed by atoms with Crippen molar-refractivity contribution in [3.8, 4) is 23.0 Å². The zero-order valence-electron chi connectivity index (χ0n) is 38.1. The summed E-state index contributed by atoms with van der Waals surface area (Å²) in [6.07, 6.45) is 18.0. The number of allylic oxidation sites excluding steroid dienone is 2. The smallest absolute Gasteiger partial charge is 0.196 e. The number of benzene rings is 2. The van der Waals surface area contributed by atoms with E-state index < -0.39 is 17.3 Å². The molecule has 1 aliphatic heterocycles. The van der Waals surface area contributed by atoms with Crippen LogP contribution in [0.15, 0.2) is 47.5 Å². The first-order valence-corrected chi connectivity index (χ1v) is 25.9. The normalized spacial score (nSPS) is 27.5. The average Bonchev–Trinajstić information content (AvgIpc) is 4.03. The van der Waals surface area contributed by atoms with Crippen molar-refractivity contribution in [2.75, 3.05) is 57.9 Å². The number of carbonyl (C=O) groups excluding carboxylic acids is 1. The van der Waals surface area contributed by atoms with Gasteiger partial charge in [-0.2, -0.15) is 0 Å². The molecular formula is C49H74N4O8S2. The Morgan fingerprint density at radius 2 is 1.84 bits per heavy atom. The summed E-state index contributed by atoms with van der Waals surface area (Å²) in [5.74, 6) is 3.45. The maximum atomic E-state index is 15.2. The zero-order valence-corrected chi connectivity index (χ0v) is 39.7. The first-order chi connectivity index (χ1) is 30.5. The molecule has 3 saturated carbocycles. The number of nitrogens with zero attached hydrogens (tertiary/aromatic N) is 1. The summed E-state index contributed by atoms with van der Waals surface area (Å²) in [4.78, 5) is 19.7. The van der Waals surface area contributed by atoms with E-state index in [1.54, 1.807) is 41.8 Å². The van der Waals surface area contributed by atoms with Crippen LogP contribution in [-0.2, 0) is 21.4 Å². The van der Waals surface area contributed by atoms with Crippen molar-refractivity contribution in [2.45, 2.75) is 133 Å². The molecule has 0 radical (unpaired) electrons. The second kappa shape index (κ2) is 23.4. The summed E-state index contributed by atoms with van der Waals surface area (Å²) in [5, 5.41) is 52.8. The molecule has 7 N–H and O–H groups in total. The third kappa shape index (κ3) is 12.0. The predicted octanol–water partition coefficient (Wildman–Crippen LogP) is 8.85. The second-order valence-corrected chi connectivity index (χ2v) is 21.0. The van der Waals surface area contributed by atoms with Gasteiger partial charge in [0, 0.05) is 43.2 Å². The molecule has 350 valence electrons. The van der Waals surface area contributed by atoms with Gasteiger partial charge in [-0.15, -0.1) is 0 Å². The Kier molecular flexibility index (Phi) is 18.3. The first kappa shape index (κ1) is 49.3. The highest BCUT2D eigenvalue weighted by molar-refractivity contribution is 8.76. The molecule has 0 amide bonds. The molecular weight excluding hydrogens is 837 g/mol. The molecule has 4 aliphatic rings. The number of carbonyl (C=O) groups is 1. The number of rotatable bonds is 17. The van der Waals surface area contributed by atoms with Gasteiger partial charge in [0.15, 0.2) is 41.0 Å². The molecule has 6 atom stereocenters. The molecule has 6 rings (SSSR count). The number of hydrogen-bond donors (Lipinski definition) is 7. The van der Waals surface area contributed by atoms with Gasteiger partial charge < -0.3 is 50.6 Å². The van der Waals surface area contributed by atoms with Crippen molar-refractivity contribution in [2.24, 2.45) is 28.2 Å². The highest BCUT2D eigenvalue weighted by atomic mass is 33.1. The fourth-order valence-electron chi connectivity index (χ4n) is 11.2. The van der Waals surface area contributed by atoms with E-state index in [0.29, 0.717) is 67.9 Å². The number of aliphatic imine (C=N–C) groups is 1. The summed E-state index contributed by atoms with van der Waals surface area (Å²) in [5.41, 5.74) is 1.07. The number of aliphatic hydroxyl groups is 2. The number of methoxy groups -OCH3 is 1. The highest BCUT2D eigenvalue weighted by Gasteiger charge is 2.49. The lowest BCUT2D eigenvalue weighted by molar-refractivity contribution is -0.125. The van der Waals surface area contributed by atoms with Crippen LogP contribution >= 0.6 is 21.6 Å². The standard InChI is InChI=1S/C49H74N4O8S2/c1-5-6-7-12-36-15-17-43(56)49(30-34-14-16-40(55)41(25-34)59-4)21-10-13-37(49)31-62-63-33-52-46(51-3)53-39-27-38(48(36)19-8-9-20-48)28-42(45(39)58)61-47(32-50-2)22-18-35(29-47)26-44(57)60-24-11-23-54/h14-17,25,27-28,35-37,44,50,54-55,57-58H,5-13,18-24,26,29-33H2,1-4H3,(H2,51,52,53). The van der Waals surface area contributed by atoms with E-state index in [9.17, 15) is 20.4 Å². The van der Waals surface area contributed by atoms with E-state index in [4.69, 9.17) is 14.2 Å². The maximum absolute atomic E-state index is 15.2. The van der Waals surface area contributed by atoms with Gasteiger partial charge in [0.25, 0.3) is 0 Å². The van der Waals surface area contributed by atoms with Crippen molar-refractivity contribution < 1.29 is 39.4 Å². The van der Waals surface area contributed by atoms with Gasteiger partial charge in [0.2, 0.25) is 0 Å². The number of anilines is 1. The fourth-order valence-corrected chi connectivity index (χ4v) is 13.4. The van der Waals surface area contributed by atoms with Crippen LogP contribution in [-0.4, -0.2) is 96.7 Å². The van der Waals surface area contributed by atoms with Gasteiger partial charge >= 0.3 is 0 Å². The quantitative estimate of drug-likeness (QED) is 0.0348. The lowest BCUT2D eigenvalue weighted by Crippen LogP contribution is -2.43. The van der Waals surface area contributed by atoms with E-state index in [2.05, 4.69) is 46.1 Å². The van der Waals surface area contributed by atoms with Gasteiger partial charge in [-0.25, -0.2) is 0 Å². The van der Waals surface area contributed by atoms with Gasteiger partial charge in [0.05, 0.1) is 25.3 Å². The van der Waals surface area contributed by atoms with Crippen molar-refractivity contribution in [1.29, 1.82) is 0 Å². The third-order valence-corrected chi connectivity index (χ3v) is 16.7. The number of ketones is 1. The molecule has 3 fully saturated rings. The maximum Gasteiger partial charge on any atom is 0.196 e. The molecule has 2 bridgehead atoms. The number of fused-ring (bicyclic) bond motifs is 4. The summed E-state index contributed by atoms with van der Waals surface area (Å²) in [7, 11) is 8.67. The third-order valence-electron chi connectivity index (χ3n) is 14.4. The van der Waals surface area contributed by atoms with Gasteiger partial charge in [0.1, 0.15) is 5.60 Å². The topological polar surface area (TPSA) is 174 Å². The van der Waals surface area contributed by atoms with Gasteiger partial charge in [-0.3, -0.25) is 9.79 Å². The molecule has 0 aromatic heterocycles. The zero-order chi connectivity index (χ0) is 44.9. The van der Waals surface area contributed by atoms with Crippen molar-refractivity contribution >= 4 is 39.0 Å². The van der Waals surface area contributed by atoms with Crippen LogP contribution in [0.2, 0.25) is 0 Å². The first-order valence-electron chi connectivity index (χ1n) is 23.5. The monoisotopic (exact) mass is 910 g/mol. The average molecular weight is 911 g/mol. The van der Waals surface area contributed by atoms with Crippen LogP contribution in [0, 0.1) is 23.2 Å². The van der Waals surface area contributed by atoms with Crippen molar-refractivity contribution in [3.05, 3.63) is 53.6 Å². The molecule has 6 unspecified atom stereocenters. The van der Waals surface area contributed by atoms with Crippen LogP contribution in [0.5, 0.6) is 23.0 Å². The van der Waals surface area contributed by atoms with E-state index in [1.165, 1.54) is 0 Å². The van der Waals surface area contributed by atoms with Crippen LogP contribution in [0.1, 0.15) is 121 Å². The SMILES string of the molecule is CCCCCC1C=CC(=O)C2(Cc3ccc(O)c(OC)c3)CCCC2CSSCNC(=NC)Nc2cc(cc(OC3(CNC)CCC(CC(O)OCCCO)C3)c2O)C12CCCC2. The number of guanidine groups is 1. The van der Waals surface area contributed by atoms with Crippen LogP contribution in [0.4, 0.5) is 5.69 Å². The second-order valence-electron chi connectivity index (χ2n) is 18.5. The minimum Gasteiger partial charge on any atom is -0.504 e. The van der Waals surface area contributed by atoms with Crippen LogP contribution < -0.4 is 25.4 Å². The number of hydrogen-bond acceptors (Lipinski definition) is 12. The Hall–Kier alpha value is -3.14. The Labute approximate surface area is 383 Å². The molecule has 63 heavy (non-hydrogen) atoms. The minimum absolute atomic E-state index is 0.0169. The highest BCUT2D eigenvalue weighted by Crippen LogP contribution is 2.54. The van der Waals surface area contributed by atoms with Crippen LogP contribution in [0.3, 0.4) is 0 Å². The number of nitrogens with one attached hydrogen (secondary N) is 3. The lowest BCUT2D eigenvalue weighted by Gasteiger charge is -2.39. The number of phenolic OH excluding ortho intramolecular Hbond substituents is 2. The van der Waals surface area contributed by atoms with Crippen molar-refractivity contribution in [3.63, 3.8) is 0 Å². The number of unbranched alkanes of at least 4 members (excludes halogenated alkanes) is 2. The fraction of sp³-hybridized carbons (Fsp3) is 0.673. The molecule has 1 spiro atoms. The molecule has 0 saturated heterocycles. The molecule has 2 aromatic carbocycles.